The van der Waals surface area contributed by atoms with Gasteiger partial charge in [0.05, 0.1) is 5.69 Å². The first kappa shape index (κ1) is 11.0. The van der Waals surface area contributed by atoms with Crippen LogP contribution in [0.3, 0.4) is 0 Å². The van der Waals surface area contributed by atoms with Crippen LogP contribution in [-0.2, 0) is 6.54 Å². The molecule has 1 aromatic heterocycles. The fourth-order valence-electron chi connectivity index (χ4n) is 3.06. The Morgan fingerprint density at radius 2 is 2.00 bits per heavy atom. The molecular weight excluding hydrogens is 212 g/mol. The van der Waals surface area contributed by atoms with Crippen LogP contribution in [0.1, 0.15) is 18.5 Å². The third-order valence-corrected chi connectivity index (χ3v) is 4.17. The van der Waals surface area contributed by atoms with Crippen molar-refractivity contribution in [3.63, 3.8) is 0 Å². The molecule has 2 atom stereocenters. The van der Waals surface area contributed by atoms with Crippen LogP contribution < -0.4 is 10.6 Å². The van der Waals surface area contributed by atoms with Gasteiger partial charge in [-0.3, -0.25) is 4.90 Å². The summed E-state index contributed by atoms with van der Waals surface area (Å²) < 4.78 is 0. The van der Waals surface area contributed by atoms with Gasteiger partial charge in [-0.15, -0.1) is 0 Å². The number of likely N-dealkylation sites (N-methyl/N-ethyl adjacent to an activating group) is 1. The molecule has 0 radical (unpaired) electrons. The van der Waals surface area contributed by atoms with Gasteiger partial charge in [0.1, 0.15) is 5.82 Å². The summed E-state index contributed by atoms with van der Waals surface area (Å²) in [5.41, 5.74) is 6.63. The van der Waals surface area contributed by atoms with Crippen molar-refractivity contribution in [1.29, 1.82) is 0 Å². The quantitative estimate of drug-likeness (QED) is 0.820. The van der Waals surface area contributed by atoms with Gasteiger partial charge in [-0.2, -0.15) is 0 Å². The Kier molecular flexibility index (Phi) is 2.76. The van der Waals surface area contributed by atoms with Crippen LogP contribution in [0.4, 0.5) is 5.82 Å². The van der Waals surface area contributed by atoms with E-state index in [1.54, 1.807) is 0 Å². The number of anilines is 1. The number of nitrogens with zero attached hydrogens (tertiary/aromatic N) is 3. The lowest BCUT2D eigenvalue weighted by Gasteiger charge is -2.39. The normalized spacial score (nSPS) is 28.7. The van der Waals surface area contributed by atoms with Gasteiger partial charge < -0.3 is 10.6 Å². The van der Waals surface area contributed by atoms with Crippen LogP contribution in [0.2, 0.25) is 0 Å². The lowest BCUT2D eigenvalue weighted by Crippen LogP contribution is -2.52. The predicted molar refractivity (Wildman–Crippen MR) is 68.9 cm³/mol. The summed E-state index contributed by atoms with van der Waals surface area (Å²) in [6.07, 6.45) is 2.66. The van der Waals surface area contributed by atoms with Crippen LogP contribution in [0.5, 0.6) is 0 Å². The molecule has 2 N–H and O–H groups in total. The molecule has 0 aromatic carbocycles. The SMILES string of the molecule is CN1C2CCC1CN(c1cccc(CN)n1)C2. The monoisotopic (exact) mass is 232 g/mol. The predicted octanol–water partition coefficient (Wildman–Crippen LogP) is 0.823. The molecule has 2 bridgehead atoms. The Balaban J connectivity index is 1.81. The fraction of sp³-hybridized carbons (Fsp3) is 0.615. The minimum atomic E-state index is 0.522. The van der Waals surface area contributed by atoms with E-state index in [1.807, 2.05) is 6.07 Å². The average molecular weight is 232 g/mol. The second-order valence-corrected chi connectivity index (χ2v) is 5.15. The number of nitrogens with two attached hydrogens (primary N) is 1. The van der Waals surface area contributed by atoms with Crippen molar-refractivity contribution in [2.45, 2.75) is 31.5 Å². The summed E-state index contributed by atoms with van der Waals surface area (Å²) >= 11 is 0. The number of aromatic nitrogens is 1. The fourth-order valence-corrected chi connectivity index (χ4v) is 3.06. The van der Waals surface area contributed by atoms with Crippen LogP contribution in [0.25, 0.3) is 0 Å². The maximum absolute atomic E-state index is 5.65. The van der Waals surface area contributed by atoms with Crippen molar-refractivity contribution in [1.82, 2.24) is 9.88 Å². The highest BCUT2D eigenvalue weighted by Crippen LogP contribution is 2.30. The lowest BCUT2D eigenvalue weighted by molar-refractivity contribution is 0.212. The molecule has 0 saturated carbocycles. The molecule has 4 nitrogen and oxygen atoms in total. The minimum Gasteiger partial charge on any atom is -0.353 e. The Morgan fingerprint density at radius 1 is 1.29 bits per heavy atom. The molecule has 0 spiro atoms. The highest BCUT2D eigenvalue weighted by Gasteiger charge is 2.37. The Labute approximate surface area is 102 Å². The third-order valence-electron chi connectivity index (χ3n) is 4.17. The average Bonchev–Trinajstić information content (AvgIpc) is 2.61. The largest absolute Gasteiger partial charge is 0.353 e. The number of pyridine rings is 1. The van der Waals surface area contributed by atoms with Gasteiger partial charge in [0.15, 0.2) is 0 Å². The van der Waals surface area contributed by atoms with E-state index in [4.69, 9.17) is 5.73 Å². The second kappa shape index (κ2) is 4.27. The second-order valence-electron chi connectivity index (χ2n) is 5.15. The zero-order chi connectivity index (χ0) is 11.8. The van der Waals surface area contributed by atoms with Crippen LogP contribution in [0.15, 0.2) is 18.2 Å². The molecule has 2 fully saturated rings. The van der Waals surface area contributed by atoms with E-state index in [-0.39, 0.29) is 0 Å². The van der Waals surface area contributed by atoms with E-state index >= 15 is 0 Å². The zero-order valence-corrected chi connectivity index (χ0v) is 10.3. The summed E-state index contributed by atoms with van der Waals surface area (Å²) in [4.78, 5) is 9.57. The number of fused-ring (bicyclic) bond motifs is 2. The summed E-state index contributed by atoms with van der Waals surface area (Å²) in [5, 5.41) is 0. The smallest absolute Gasteiger partial charge is 0.128 e. The van der Waals surface area contributed by atoms with Crippen LogP contribution >= 0.6 is 0 Å². The topological polar surface area (TPSA) is 45.4 Å². The summed E-state index contributed by atoms with van der Waals surface area (Å²) in [6, 6.07) is 7.57. The Bertz CT molecular complexity index is 392. The molecular formula is C13H20N4. The standard InChI is InChI=1S/C13H20N4/c1-16-11-5-6-12(16)9-17(8-11)13-4-2-3-10(7-14)15-13/h2-4,11-12H,5-9,14H2,1H3. The minimum absolute atomic E-state index is 0.522. The molecule has 3 heterocycles. The zero-order valence-electron chi connectivity index (χ0n) is 10.3. The van der Waals surface area contributed by atoms with E-state index in [2.05, 4.69) is 34.0 Å². The van der Waals surface area contributed by atoms with Crippen molar-refractivity contribution >= 4 is 5.82 Å². The van der Waals surface area contributed by atoms with E-state index in [0.717, 1.165) is 24.6 Å². The van der Waals surface area contributed by atoms with Crippen LogP contribution in [0, 0.1) is 0 Å². The molecule has 0 amide bonds. The summed E-state index contributed by atoms with van der Waals surface area (Å²) in [7, 11) is 2.25. The van der Waals surface area contributed by atoms with Gasteiger partial charge in [-0.05, 0) is 32.0 Å². The first-order chi connectivity index (χ1) is 8.28. The van der Waals surface area contributed by atoms with Crippen molar-refractivity contribution in [2.75, 3.05) is 25.0 Å². The maximum Gasteiger partial charge on any atom is 0.128 e. The number of rotatable bonds is 2. The Hall–Kier alpha value is -1.13. The number of piperazine rings is 1. The summed E-state index contributed by atoms with van der Waals surface area (Å²) in [5.74, 6) is 1.10. The molecule has 4 heteroatoms. The lowest BCUT2D eigenvalue weighted by atomic mass is 10.2. The molecule has 17 heavy (non-hydrogen) atoms. The highest BCUT2D eigenvalue weighted by atomic mass is 15.3. The van der Waals surface area contributed by atoms with Crippen molar-refractivity contribution in [3.05, 3.63) is 23.9 Å². The maximum atomic E-state index is 5.65. The van der Waals surface area contributed by atoms with Crippen molar-refractivity contribution in [3.8, 4) is 0 Å². The summed E-state index contributed by atoms with van der Waals surface area (Å²) in [6.45, 7) is 2.73. The first-order valence-electron chi connectivity index (χ1n) is 6.41. The molecule has 0 aliphatic carbocycles. The molecule has 92 valence electrons. The number of hydrogen-bond donors (Lipinski definition) is 1. The van der Waals surface area contributed by atoms with Gasteiger partial charge in [0, 0.05) is 31.7 Å². The molecule has 1 aromatic rings. The van der Waals surface area contributed by atoms with Gasteiger partial charge in [0.2, 0.25) is 0 Å². The molecule has 2 aliphatic rings. The van der Waals surface area contributed by atoms with E-state index in [0.29, 0.717) is 18.6 Å². The van der Waals surface area contributed by atoms with Crippen molar-refractivity contribution < 1.29 is 0 Å². The third kappa shape index (κ3) is 1.91. The molecule has 2 saturated heterocycles. The van der Waals surface area contributed by atoms with Gasteiger partial charge >= 0.3 is 0 Å². The van der Waals surface area contributed by atoms with E-state index < -0.39 is 0 Å². The Morgan fingerprint density at radius 3 is 2.65 bits per heavy atom. The van der Waals surface area contributed by atoms with Gasteiger partial charge in [-0.25, -0.2) is 4.98 Å². The molecule has 3 rings (SSSR count). The van der Waals surface area contributed by atoms with E-state index in [9.17, 15) is 0 Å². The molecule has 2 aliphatic heterocycles. The number of hydrogen-bond acceptors (Lipinski definition) is 4. The highest BCUT2D eigenvalue weighted by molar-refractivity contribution is 5.41. The van der Waals surface area contributed by atoms with E-state index in [1.165, 1.54) is 12.8 Å². The van der Waals surface area contributed by atoms with Gasteiger partial charge in [-0.1, -0.05) is 6.07 Å². The van der Waals surface area contributed by atoms with Crippen LogP contribution in [-0.4, -0.2) is 42.1 Å². The first-order valence-corrected chi connectivity index (χ1v) is 6.41. The van der Waals surface area contributed by atoms with Gasteiger partial charge in [0.25, 0.3) is 0 Å². The molecule has 2 unspecified atom stereocenters. The van der Waals surface area contributed by atoms with Crippen molar-refractivity contribution in [2.24, 2.45) is 5.73 Å².